The van der Waals surface area contributed by atoms with Gasteiger partial charge in [-0.1, -0.05) is 36.8 Å². The van der Waals surface area contributed by atoms with Crippen LogP contribution in [-0.2, 0) is 13.0 Å². The Balaban J connectivity index is 1.87. The van der Waals surface area contributed by atoms with Gasteiger partial charge in [-0.25, -0.2) is 9.48 Å². The van der Waals surface area contributed by atoms with Gasteiger partial charge in [-0.3, -0.25) is 0 Å². The number of aromatic carboxylic acids is 1. The van der Waals surface area contributed by atoms with Crippen LogP contribution in [0.5, 0.6) is 0 Å². The SMILES string of the molecule is CCCc1c(C(=O)O)nnn1CC1CSc2ccccc21. The van der Waals surface area contributed by atoms with Crippen molar-refractivity contribution < 1.29 is 9.90 Å². The summed E-state index contributed by atoms with van der Waals surface area (Å²) in [4.78, 5) is 12.5. The van der Waals surface area contributed by atoms with Gasteiger partial charge in [-0.15, -0.1) is 16.9 Å². The van der Waals surface area contributed by atoms with Crippen molar-refractivity contribution in [3.8, 4) is 0 Å². The molecule has 0 fully saturated rings. The van der Waals surface area contributed by atoms with Crippen LogP contribution in [-0.4, -0.2) is 31.8 Å². The highest BCUT2D eigenvalue weighted by Gasteiger charge is 2.26. The minimum atomic E-state index is -0.995. The van der Waals surface area contributed by atoms with E-state index in [4.69, 9.17) is 0 Å². The lowest BCUT2D eigenvalue weighted by atomic mass is 10.0. The molecule has 0 bridgehead atoms. The Hall–Kier alpha value is -1.82. The molecule has 2 aromatic rings. The second kappa shape index (κ2) is 5.89. The van der Waals surface area contributed by atoms with E-state index in [1.807, 2.05) is 18.7 Å². The van der Waals surface area contributed by atoms with E-state index in [2.05, 4.69) is 34.6 Å². The van der Waals surface area contributed by atoms with Gasteiger partial charge in [0.25, 0.3) is 0 Å². The summed E-state index contributed by atoms with van der Waals surface area (Å²) in [5.74, 6) is 0.378. The molecule has 1 aromatic heterocycles. The third-order valence-electron chi connectivity index (χ3n) is 3.72. The van der Waals surface area contributed by atoms with Crippen LogP contribution in [0.2, 0.25) is 0 Å². The van der Waals surface area contributed by atoms with Crippen molar-refractivity contribution in [1.82, 2.24) is 15.0 Å². The fourth-order valence-corrected chi connectivity index (χ4v) is 3.96. The standard InChI is InChI=1S/C15H17N3O2S/c1-2-5-12-14(15(19)20)16-17-18(12)8-10-9-21-13-7-4-3-6-11(10)13/h3-4,6-7,10H,2,5,8-9H2,1H3,(H,19,20). The topological polar surface area (TPSA) is 68.0 Å². The summed E-state index contributed by atoms with van der Waals surface area (Å²) in [6.45, 7) is 2.73. The van der Waals surface area contributed by atoms with Gasteiger partial charge in [0, 0.05) is 16.6 Å². The maximum atomic E-state index is 11.2. The molecule has 110 valence electrons. The van der Waals surface area contributed by atoms with E-state index in [1.165, 1.54) is 10.5 Å². The van der Waals surface area contributed by atoms with E-state index >= 15 is 0 Å². The monoisotopic (exact) mass is 303 g/mol. The Morgan fingerprint density at radius 3 is 3.05 bits per heavy atom. The summed E-state index contributed by atoms with van der Waals surface area (Å²) in [6.07, 6.45) is 1.57. The van der Waals surface area contributed by atoms with Crippen molar-refractivity contribution in [2.24, 2.45) is 0 Å². The van der Waals surface area contributed by atoms with Gasteiger partial charge in [-0.05, 0) is 18.1 Å². The predicted molar refractivity (Wildman–Crippen MR) is 80.9 cm³/mol. The molecule has 0 saturated heterocycles. The number of carboxylic acids is 1. The van der Waals surface area contributed by atoms with Crippen LogP contribution < -0.4 is 0 Å². The molecule has 1 aliphatic heterocycles. The van der Waals surface area contributed by atoms with Crippen LogP contribution in [0.3, 0.4) is 0 Å². The number of fused-ring (bicyclic) bond motifs is 1. The minimum Gasteiger partial charge on any atom is -0.476 e. The molecule has 3 rings (SSSR count). The average Bonchev–Trinajstić information content (AvgIpc) is 3.06. The molecular weight excluding hydrogens is 286 g/mol. The molecule has 0 saturated carbocycles. The van der Waals surface area contributed by atoms with Crippen LogP contribution in [0.25, 0.3) is 0 Å². The first-order chi connectivity index (χ1) is 10.2. The number of benzene rings is 1. The van der Waals surface area contributed by atoms with Gasteiger partial charge in [0.15, 0.2) is 5.69 Å². The van der Waals surface area contributed by atoms with Gasteiger partial charge >= 0.3 is 5.97 Å². The van der Waals surface area contributed by atoms with E-state index in [-0.39, 0.29) is 5.69 Å². The molecule has 0 radical (unpaired) electrons. The molecule has 1 unspecified atom stereocenters. The largest absolute Gasteiger partial charge is 0.476 e. The number of rotatable bonds is 5. The Kier molecular flexibility index (Phi) is 3.96. The molecule has 6 heteroatoms. The Morgan fingerprint density at radius 2 is 2.29 bits per heavy atom. The van der Waals surface area contributed by atoms with Crippen LogP contribution >= 0.6 is 11.8 Å². The molecule has 2 heterocycles. The van der Waals surface area contributed by atoms with Crippen molar-refractivity contribution in [2.75, 3.05) is 5.75 Å². The molecule has 1 atom stereocenters. The van der Waals surface area contributed by atoms with Crippen LogP contribution in [0, 0.1) is 0 Å². The molecule has 21 heavy (non-hydrogen) atoms. The van der Waals surface area contributed by atoms with E-state index in [0.29, 0.717) is 18.9 Å². The summed E-state index contributed by atoms with van der Waals surface area (Å²) >= 11 is 1.85. The summed E-state index contributed by atoms with van der Waals surface area (Å²) in [6, 6.07) is 8.38. The first-order valence-corrected chi connectivity index (χ1v) is 8.06. The lowest BCUT2D eigenvalue weighted by molar-refractivity contribution is 0.0689. The predicted octanol–water partition coefficient (Wildman–Crippen LogP) is 2.82. The van der Waals surface area contributed by atoms with E-state index in [1.54, 1.807) is 4.68 Å². The van der Waals surface area contributed by atoms with Gasteiger partial charge in [0.05, 0.1) is 12.2 Å². The summed E-state index contributed by atoms with van der Waals surface area (Å²) < 4.78 is 1.78. The van der Waals surface area contributed by atoms with E-state index in [0.717, 1.165) is 17.9 Å². The molecule has 1 N–H and O–H groups in total. The average molecular weight is 303 g/mol. The van der Waals surface area contributed by atoms with Crippen LogP contribution in [0.4, 0.5) is 0 Å². The molecular formula is C15H17N3O2S. The van der Waals surface area contributed by atoms with E-state index in [9.17, 15) is 9.90 Å². The van der Waals surface area contributed by atoms with Gasteiger partial charge in [0.2, 0.25) is 0 Å². The minimum absolute atomic E-state index is 0.0933. The lowest BCUT2D eigenvalue weighted by Gasteiger charge is -2.12. The quantitative estimate of drug-likeness (QED) is 0.920. The fraction of sp³-hybridized carbons (Fsp3) is 0.400. The van der Waals surface area contributed by atoms with Gasteiger partial charge < -0.3 is 5.11 Å². The Labute approximate surface area is 127 Å². The molecule has 0 aliphatic carbocycles. The molecule has 5 nitrogen and oxygen atoms in total. The molecule has 1 aromatic carbocycles. The normalized spacial score (nSPS) is 16.9. The van der Waals surface area contributed by atoms with Gasteiger partial charge in [0.1, 0.15) is 0 Å². The fourth-order valence-electron chi connectivity index (χ4n) is 2.72. The number of thioether (sulfide) groups is 1. The van der Waals surface area contributed by atoms with Crippen molar-refractivity contribution in [3.05, 3.63) is 41.2 Å². The zero-order chi connectivity index (χ0) is 14.8. The number of hydrogen-bond acceptors (Lipinski definition) is 4. The summed E-state index contributed by atoms with van der Waals surface area (Å²) in [5, 5.41) is 17.1. The van der Waals surface area contributed by atoms with Crippen molar-refractivity contribution in [2.45, 2.75) is 37.1 Å². The maximum absolute atomic E-state index is 11.2. The number of carbonyl (C=O) groups is 1. The van der Waals surface area contributed by atoms with Crippen molar-refractivity contribution in [3.63, 3.8) is 0 Å². The summed E-state index contributed by atoms with van der Waals surface area (Å²) in [5.41, 5.74) is 2.16. The van der Waals surface area contributed by atoms with Crippen LogP contribution in [0.1, 0.15) is 41.0 Å². The Bertz CT molecular complexity index is 669. The third kappa shape index (κ3) is 2.68. The van der Waals surface area contributed by atoms with Gasteiger partial charge in [-0.2, -0.15) is 0 Å². The highest BCUT2D eigenvalue weighted by Crippen LogP contribution is 2.40. The second-order valence-corrected chi connectivity index (χ2v) is 6.23. The smallest absolute Gasteiger partial charge is 0.358 e. The first kappa shape index (κ1) is 14.1. The lowest BCUT2D eigenvalue weighted by Crippen LogP contribution is -2.14. The zero-order valence-corrected chi connectivity index (χ0v) is 12.6. The van der Waals surface area contributed by atoms with Crippen molar-refractivity contribution in [1.29, 1.82) is 0 Å². The highest BCUT2D eigenvalue weighted by molar-refractivity contribution is 7.99. The maximum Gasteiger partial charge on any atom is 0.358 e. The van der Waals surface area contributed by atoms with Crippen molar-refractivity contribution >= 4 is 17.7 Å². The van der Waals surface area contributed by atoms with Crippen LogP contribution in [0.15, 0.2) is 29.2 Å². The third-order valence-corrected chi connectivity index (χ3v) is 4.97. The number of nitrogens with zero attached hydrogens (tertiary/aromatic N) is 3. The first-order valence-electron chi connectivity index (χ1n) is 7.08. The molecule has 1 aliphatic rings. The number of aromatic nitrogens is 3. The summed E-state index contributed by atoms with van der Waals surface area (Å²) in [7, 11) is 0. The Morgan fingerprint density at radius 1 is 1.48 bits per heavy atom. The second-order valence-electron chi connectivity index (χ2n) is 5.17. The van der Waals surface area contributed by atoms with E-state index < -0.39 is 5.97 Å². The molecule has 0 spiro atoms. The number of hydrogen-bond donors (Lipinski definition) is 1. The zero-order valence-electron chi connectivity index (χ0n) is 11.8. The number of carboxylic acid groups (broad SMARTS) is 1. The highest BCUT2D eigenvalue weighted by atomic mass is 32.2. The molecule has 0 amide bonds.